The zero-order valence-corrected chi connectivity index (χ0v) is 14.1. The molecule has 0 aliphatic carbocycles. The lowest BCUT2D eigenvalue weighted by Gasteiger charge is -2.10. The predicted molar refractivity (Wildman–Crippen MR) is 90.8 cm³/mol. The quantitative estimate of drug-likeness (QED) is 0.752. The molecule has 0 amide bonds. The molecule has 1 atom stereocenters. The highest BCUT2D eigenvalue weighted by molar-refractivity contribution is 5.83. The van der Waals surface area contributed by atoms with Gasteiger partial charge in [0.2, 0.25) is 0 Å². The number of rotatable bonds is 7. The highest BCUT2D eigenvalue weighted by Gasteiger charge is 2.16. The average molecular weight is 287 g/mol. The minimum absolute atomic E-state index is 0.605. The van der Waals surface area contributed by atoms with Crippen LogP contribution in [0.2, 0.25) is 0 Å². The molecule has 1 unspecified atom stereocenters. The third-order valence-corrected chi connectivity index (χ3v) is 4.23. The standard InChI is InChI=1S/C19H29NO/c1-6-14(5)15-8-9-18-17(11-15)16(10-13(3)4)19(21-18)12-20-7-2/h8-9,11,13-14,20H,6-7,10,12H2,1-5H3. The number of fused-ring (bicyclic) bond motifs is 1. The van der Waals surface area contributed by atoms with E-state index >= 15 is 0 Å². The summed E-state index contributed by atoms with van der Waals surface area (Å²) in [6.07, 6.45) is 2.25. The summed E-state index contributed by atoms with van der Waals surface area (Å²) in [4.78, 5) is 0. The van der Waals surface area contributed by atoms with Crippen LogP contribution in [0.5, 0.6) is 0 Å². The van der Waals surface area contributed by atoms with Gasteiger partial charge in [-0.1, -0.05) is 40.7 Å². The maximum atomic E-state index is 6.11. The Kier molecular flexibility index (Phi) is 5.46. The topological polar surface area (TPSA) is 25.2 Å². The minimum Gasteiger partial charge on any atom is -0.459 e. The molecule has 1 N–H and O–H groups in total. The molecule has 2 nitrogen and oxygen atoms in total. The van der Waals surface area contributed by atoms with E-state index < -0.39 is 0 Å². The fourth-order valence-corrected chi connectivity index (χ4v) is 2.77. The summed E-state index contributed by atoms with van der Waals surface area (Å²) < 4.78 is 6.11. The van der Waals surface area contributed by atoms with Gasteiger partial charge in [0, 0.05) is 10.9 Å². The van der Waals surface area contributed by atoms with Crippen LogP contribution in [0.4, 0.5) is 0 Å². The maximum absolute atomic E-state index is 6.11. The van der Waals surface area contributed by atoms with Crippen LogP contribution in [0.25, 0.3) is 11.0 Å². The van der Waals surface area contributed by atoms with Crippen molar-refractivity contribution in [2.24, 2.45) is 5.92 Å². The van der Waals surface area contributed by atoms with Crippen LogP contribution >= 0.6 is 0 Å². The molecule has 2 rings (SSSR count). The summed E-state index contributed by atoms with van der Waals surface area (Å²) in [5.41, 5.74) is 3.85. The summed E-state index contributed by atoms with van der Waals surface area (Å²) in [5.74, 6) is 2.36. The molecule has 0 spiro atoms. The lowest BCUT2D eigenvalue weighted by molar-refractivity contribution is 0.506. The molecule has 1 heterocycles. The molecule has 1 aromatic carbocycles. The number of benzene rings is 1. The molecule has 0 fully saturated rings. The molecule has 0 aliphatic rings. The van der Waals surface area contributed by atoms with Gasteiger partial charge in [-0.2, -0.15) is 0 Å². The van der Waals surface area contributed by atoms with Gasteiger partial charge < -0.3 is 9.73 Å². The fourth-order valence-electron chi connectivity index (χ4n) is 2.77. The molecule has 0 radical (unpaired) electrons. The van der Waals surface area contributed by atoms with Gasteiger partial charge in [0.1, 0.15) is 11.3 Å². The van der Waals surface area contributed by atoms with E-state index in [1.54, 1.807) is 0 Å². The highest BCUT2D eigenvalue weighted by Crippen LogP contribution is 2.31. The van der Waals surface area contributed by atoms with Crippen molar-refractivity contribution in [1.29, 1.82) is 0 Å². The number of furan rings is 1. The first-order valence-corrected chi connectivity index (χ1v) is 8.31. The van der Waals surface area contributed by atoms with Gasteiger partial charge in [-0.15, -0.1) is 0 Å². The molecular weight excluding hydrogens is 258 g/mol. The Morgan fingerprint density at radius 3 is 2.52 bits per heavy atom. The van der Waals surface area contributed by atoms with Gasteiger partial charge in [0.15, 0.2) is 0 Å². The first-order chi connectivity index (χ1) is 10.1. The zero-order chi connectivity index (χ0) is 15.4. The van der Waals surface area contributed by atoms with Crippen LogP contribution in [0, 0.1) is 5.92 Å². The lowest BCUT2D eigenvalue weighted by atomic mass is 9.94. The van der Waals surface area contributed by atoms with E-state index in [2.05, 4.69) is 58.1 Å². The van der Waals surface area contributed by atoms with Crippen molar-refractivity contribution >= 4 is 11.0 Å². The van der Waals surface area contributed by atoms with Gasteiger partial charge in [0.25, 0.3) is 0 Å². The monoisotopic (exact) mass is 287 g/mol. The van der Waals surface area contributed by atoms with E-state index in [9.17, 15) is 0 Å². The number of hydrogen-bond acceptors (Lipinski definition) is 2. The lowest BCUT2D eigenvalue weighted by Crippen LogP contribution is -2.12. The Morgan fingerprint density at radius 2 is 1.90 bits per heavy atom. The molecule has 2 aromatic rings. The smallest absolute Gasteiger partial charge is 0.134 e. The Labute approximate surface area is 128 Å². The van der Waals surface area contributed by atoms with Crippen molar-refractivity contribution in [2.45, 2.75) is 59.9 Å². The second-order valence-corrected chi connectivity index (χ2v) is 6.45. The van der Waals surface area contributed by atoms with Crippen molar-refractivity contribution in [2.75, 3.05) is 6.54 Å². The highest BCUT2D eigenvalue weighted by atomic mass is 16.3. The number of hydrogen-bond donors (Lipinski definition) is 1. The summed E-state index contributed by atoms with van der Waals surface area (Å²) in [5, 5.41) is 4.71. The Bertz CT molecular complexity index is 583. The zero-order valence-electron chi connectivity index (χ0n) is 14.1. The van der Waals surface area contributed by atoms with Crippen molar-refractivity contribution in [3.63, 3.8) is 0 Å². The van der Waals surface area contributed by atoms with Crippen molar-refractivity contribution in [3.8, 4) is 0 Å². The van der Waals surface area contributed by atoms with E-state index in [0.29, 0.717) is 11.8 Å². The molecule has 116 valence electrons. The summed E-state index contributed by atoms with van der Waals surface area (Å²) in [6.45, 7) is 13.0. The van der Waals surface area contributed by atoms with E-state index in [-0.39, 0.29) is 0 Å². The van der Waals surface area contributed by atoms with Gasteiger partial charge in [-0.05, 0) is 48.9 Å². The third kappa shape index (κ3) is 3.68. The summed E-state index contributed by atoms with van der Waals surface area (Å²) in [7, 11) is 0. The van der Waals surface area contributed by atoms with Crippen molar-refractivity contribution in [3.05, 3.63) is 35.1 Å². The van der Waals surface area contributed by atoms with E-state index in [1.165, 1.54) is 22.9 Å². The Balaban J connectivity index is 2.48. The van der Waals surface area contributed by atoms with Crippen molar-refractivity contribution < 1.29 is 4.42 Å². The summed E-state index contributed by atoms with van der Waals surface area (Å²) in [6, 6.07) is 6.71. The van der Waals surface area contributed by atoms with Gasteiger partial charge in [0.05, 0.1) is 6.54 Å². The first kappa shape index (κ1) is 16.1. The molecule has 0 aliphatic heterocycles. The largest absolute Gasteiger partial charge is 0.459 e. The van der Waals surface area contributed by atoms with Crippen LogP contribution in [-0.4, -0.2) is 6.54 Å². The van der Waals surface area contributed by atoms with Gasteiger partial charge >= 0.3 is 0 Å². The second-order valence-electron chi connectivity index (χ2n) is 6.45. The average Bonchev–Trinajstić information content (AvgIpc) is 2.80. The molecular formula is C19H29NO. The van der Waals surface area contributed by atoms with Crippen LogP contribution < -0.4 is 5.32 Å². The van der Waals surface area contributed by atoms with Crippen LogP contribution in [0.1, 0.15) is 63.8 Å². The molecule has 2 heteroatoms. The normalized spacial score (nSPS) is 13.2. The second kappa shape index (κ2) is 7.13. The van der Waals surface area contributed by atoms with Crippen LogP contribution in [0.3, 0.4) is 0 Å². The number of nitrogens with one attached hydrogen (secondary N) is 1. The van der Waals surface area contributed by atoms with E-state index in [1.807, 2.05) is 0 Å². The van der Waals surface area contributed by atoms with Gasteiger partial charge in [-0.25, -0.2) is 0 Å². The van der Waals surface area contributed by atoms with Crippen LogP contribution in [-0.2, 0) is 13.0 Å². The summed E-state index contributed by atoms with van der Waals surface area (Å²) >= 11 is 0. The molecule has 0 saturated carbocycles. The molecule has 21 heavy (non-hydrogen) atoms. The molecule has 1 aromatic heterocycles. The van der Waals surface area contributed by atoms with E-state index in [4.69, 9.17) is 4.42 Å². The Morgan fingerprint density at radius 1 is 1.14 bits per heavy atom. The SMILES string of the molecule is CCNCc1oc2ccc(C(C)CC)cc2c1CC(C)C. The van der Waals surface area contributed by atoms with Gasteiger partial charge in [-0.3, -0.25) is 0 Å². The minimum atomic E-state index is 0.605. The molecule has 0 bridgehead atoms. The van der Waals surface area contributed by atoms with E-state index in [0.717, 1.165) is 30.9 Å². The molecule has 0 saturated heterocycles. The van der Waals surface area contributed by atoms with Crippen LogP contribution in [0.15, 0.2) is 22.6 Å². The Hall–Kier alpha value is -1.28. The first-order valence-electron chi connectivity index (χ1n) is 8.31. The maximum Gasteiger partial charge on any atom is 0.134 e. The third-order valence-electron chi connectivity index (χ3n) is 4.23. The fraction of sp³-hybridized carbons (Fsp3) is 0.579. The van der Waals surface area contributed by atoms with Crippen molar-refractivity contribution in [1.82, 2.24) is 5.32 Å². The predicted octanol–water partition coefficient (Wildman–Crippen LogP) is 5.25.